The Labute approximate surface area is 591 Å². The van der Waals surface area contributed by atoms with Crippen molar-refractivity contribution in [3.8, 4) is 146 Å². The molecule has 102 heavy (non-hydrogen) atoms. The van der Waals surface area contributed by atoms with E-state index >= 15 is 0 Å². The topological polar surface area (TPSA) is 83.2 Å². The van der Waals surface area contributed by atoms with E-state index in [1.807, 2.05) is 97.1 Å². The van der Waals surface area contributed by atoms with E-state index in [0.29, 0.717) is 28.5 Å². The van der Waals surface area contributed by atoms with Crippen LogP contribution < -0.4 is 0 Å². The van der Waals surface area contributed by atoms with Crippen molar-refractivity contribution in [3.05, 3.63) is 375 Å². The van der Waals surface area contributed by atoms with Crippen molar-refractivity contribution in [3.63, 3.8) is 0 Å². The SMILES string of the molecule is N#Cc1c(-c2ccccc2)c(-c2ccccc2)c(-c2cc(-n3c4ccccc4c4cc(-c5ccc6c(c5)c5ccccc5n6-c5ccccc5)ccc43)nc(-c3c(-c4ccccc4)c(-c4ccccc4)c(C#N)c(-c4ccccc4)c3-c3ccccc3)n2)c(-c2ccccc2)c1-c1ccccc1. The van der Waals surface area contributed by atoms with Gasteiger partial charge in [-0.05, 0) is 104 Å². The van der Waals surface area contributed by atoms with Crippen LogP contribution in [0.5, 0.6) is 0 Å². The van der Waals surface area contributed by atoms with Crippen LogP contribution in [-0.2, 0) is 0 Å². The predicted molar refractivity (Wildman–Crippen MR) is 420 cm³/mol. The predicted octanol–water partition coefficient (Wildman–Crippen LogP) is 24.8. The standard InChI is InChI=1S/C96H60N6/c97-61-78-86(63-32-10-1-11-33-63)90(67-40-18-5-19-41-67)94(91(68-42-20-6-21-43-68)87(78)64-34-12-2-13-35-64)80-60-85(102-82-53-31-29-51-75(82)77-59-72(55-57-84(77)102)71-54-56-83-76(58-71)74-50-28-30-52-81(74)101(83)73-48-26-9-27-49-73)100-96(99-80)95-92(69-44-22-7-23-45-69)88(65-36-14-3-15-37-65)79(62-98)89(66-38-16-4-17-39-66)93(95)70-46-24-8-25-47-70/h1-60H. The monoisotopic (exact) mass is 1300 g/mol. The maximum atomic E-state index is 12.2. The van der Waals surface area contributed by atoms with Crippen LogP contribution in [0.1, 0.15) is 11.1 Å². The zero-order valence-electron chi connectivity index (χ0n) is 55.3. The van der Waals surface area contributed by atoms with Crippen LogP contribution in [0.25, 0.3) is 178 Å². The van der Waals surface area contributed by atoms with Gasteiger partial charge in [-0.25, -0.2) is 9.97 Å². The van der Waals surface area contributed by atoms with Gasteiger partial charge in [-0.2, -0.15) is 10.5 Å². The first kappa shape index (κ1) is 60.4. The second-order valence-electron chi connectivity index (χ2n) is 25.6. The van der Waals surface area contributed by atoms with Crippen LogP contribution in [-0.4, -0.2) is 19.1 Å². The summed E-state index contributed by atoms with van der Waals surface area (Å²) in [6.07, 6.45) is 0. The van der Waals surface area contributed by atoms with Crippen molar-refractivity contribution < 1.29 is 0 Å². The lowest BCUT2D eigenvalue weighted by atomic mass is 9.76. The molecule has 0 saturated carbocycles. The van der Waals surface area contributed by atoms with Crippen molar-refractivity contribution in [2.75, 3.05) is 0 Å². The van der Waals surface area contributed by atoms with Crippen LogP contribution in [0.4, 0.5) is 0 Å². The van der Waals surface area contributed by atoms with E-state index in [1.54, 1.807) is 0 Å². The molecule has 474 valence electrons. The van der Waals surface area contributed by atoms with Crippen molar-refractivity contribution in [2.45, 2.75) is 0 Å². The summed E-state index contributed by atoms with van der Waals surface area (Å²) in [5, 5.41) is 28.8. The van der Waals surface area contributed by atoms with Crippen molar-refractivity contribution >= 4 is 43.6 Å². The molecule has 0 atom stereocenters. The zero-order chi connectivity index (χ0) is 68.0. The van der Waals surface area contributed by atoms with Gasteiger partial charge in [0.15, 0.2) is 5.82 Å². The molecule has 0 aliphatic heterocycles. The molecule has 0 unspecified atom stereocenters. The second kappa shape index (κ2) is 25.8. The summed E-state index contributed by atoms with van der Waals surface area (Å²) in [4.78, 5) is 12.4. The zero-order valence-corrected chi connectivity index (χ0v) is 55.3. The summed E-state index contributed by atoms with van der Waals surface area (Å²) in [6, 6.07) is 133. The average Bonchev–Trinajstić information content (AvgIpc) is 0.737. The fraction of sp³-hybridized carbons (Fsp3) is 0. The molecular weight excluding hydrogens is 1240 g/mol. The minimum atomic E-state index is 0.425. The van der Waals surface area contributed by atoms with Gasteiger partial charge in [0, 0.05) is 88.9 Å². The first-order chi connectivity index (χ1) is 50.6. The Morgan fingerprint density at radius 1 is 0.216 bits per heavy atom. The summed E-state index contributed by atoms with van der Waals surface area (Å²) in [5.41, 5.74) is 24.1. The summed E-state index contributed by atoms with van der Waals surface area (Å²) in [7, 11) is 0. The molecule has 18 aromatic rings. The summed E-state index contributed by atoms with van der Waals surface area (Å²) >= 11 is 0. The third-order valence-corrected chi connectivity index (χ3v) is 19.8. The largest absolute Gasteiger partial charge is 0.309 e. The fourth-order valence-corrected chi connectivity index (χ4v) is 15.5. The highest BCUT2D eigenvalue weighted by Gasteiger charge is 2.34. The van der Waals surface area contributed by atoms with Gasteiger partial charge in [0.1, 0.15) is 18.0 Å². The number of hydrogen-bond acceptors (Lipinski definition) is 4. The number of benzene rings is 15. The Bertz CT molecular complexity index is 5860. The summed E-state index contributed by atoms with van der Waals surface area (Å²) in [6.45, 7) is 0. The lowest BCUT2D eigenvalue weighted by Gasteiger charge is -2.27. The van der Waals surface area contributed by atoms with Gasteiger partial charge in [-0.3, -0.25) is 4.57 Å². The molecule has 6 heteroatoms. The van der Waals surface area contributed by atoms with Gasteiger partial charge in [0.25, 0.3) is 0 Å². The fourth-order valence-electron chi connectivity index (χ4n) is 15.5. The number of nitriles is 2. The van der Waals surface area contributed by atoms with Gasteiger partial charge >= 0.3 is 0 Å². The summed E-state index contributed by atoms with van der Waals surface area (Å²) in [5.74, 6) is 1.04. The highest BCUT2D eigenvalue weighted by molar-refractivity contribution is 6.15. The Morgan fingerprint density at radius 3 is 0.853 bits per heavy atom. The minimum Gasteiger partial charge on any atom is -0.309 e. The second-order valence-corrected chi connectivity index (χ2v) is 25.6. The van der Waals surface area contributed by atoms with E-state index in [9.17, 15) is 10.5 Å². The van der Waals surface area contributed by atoms with E-state index < -0.39 is 0 Å². The van der Waals surface area contributed by atoms with Crippen LogP contribution >= 0.6 is 0 Å². The molecule has 0 radical (unpaired) electrons. The Hall–Kier alpha value is -14.0. The first-order valence-electron chi connectivity index (χ1n) is 34.3. The van der Waals surface area contributed by atoms with Crippen molar-refractivity contribution in [1.29, 1.82) is 10.5 Å². The molecule has 0 saturated heterocycles. The molecule has 0 aliphatic rings. The van der Waals surface area contributed by atoms with Crippen LogP contribution in [0.2, 0.25) is 0 Å². The maximum absolute atomic E-state index is 12.2. The Morgan fingerprint density at radius 2 is 0.500 bits per heavy atom. The molecule has 15 aromatic carbocycles. The van der Waals surface area contributed by atoms with E-state index in [4.69, 9.17) is 9.97 Å². The molecule has 18 rings (SSSR count). The summed E-state index contributed by atoms with van der Waals surface area (Å²) < 4.78 is 4.67. The van der Waals surface area contributed by atoms with Gasteiger partial charge < -0.3 is 4.57 Å². The molecule has 0 N–H and O–H groups in total. The van der Waals surface area contributed by atoms with E-state index in [0.717, 1.165) is 150 Å². The van der Waals surface area contributed by atoms with Crippen LogP contribution in [0.15, 0.2) is 364 Å². The maximum Gasteiger partial charge on any atom is 0.163 e. The normalized spacial score (nSPS) is 11.3. The van der Waals surface area contributed by atoms with E-state index in [1.165, 1.54) is 10.8 Å². The number of fused-ring (bicyclic) bond motifs is 6. The molecule has 0 aliphatic carbocycles. The van der Waals surface area contributed by atoms with Gasteiger partial charge in [-0.15, -0.1) is 0 Å². The molecule has 3 aromatic heterocycles. The number of para-hydroxylation sites is 3. The van der Waals surface area contributed by atoms with E-state index in [2.05, 4.69) is 288 Å². The average molecular weight is 1300 g/mol. The molecular formula is C96H60N6. The molecule has 0 fully saturated rings. The quantitative estimate of drug-likeness (QED) is 0.115. The van der Waals surface area contributed by atoms with Crippen molar-refractivity contribution in [2.24, 2.45) is 0 Å². The molecule has 6 nitrogen and oxygen atoms in total. The van der Waals surface area contributed by atoms with Crippen LogP contribution in [0, 0.1) is 22.7 Å². The highest BCUT2D eigenvalue weighted by Crippen LogP contribution is 2.56. The molecule has 3 heterocycles. The van der Waals surface area contributed by atoms with Crippen molar-refractivity contribution in [1.82, 2.24) is 19.1 Å². The number of nitrogens with zero attached hydrogens (tertiary/aromatic N) is 6. The Kier molecular flexibility index (Phi) is 15.2. The smallest absolute Gasteiger partial charge is 0.163 e. The lowest BCUT2D eigenvalue weighted by molar-refractivity contribution is 1.05. The van der Waals surface area contributed by atoms with Gasteiger partial charge in [0.2, 0.25) is 0 Å². The number of hydrogen-bond donors (Lipinski definition) is 0. The minimum absolute atomic E-state index is 0.425. The van der Waals surface area contributed by atoms with Gasteiger partial charge in [0.05, 0.1) is 38.9 Å². The van der Waals surface area contributed by atoms with Crippen LogP contribution in [0.3, 0.4) is 0 Å². The highest BCUT2D eigenvalue weighted by atomic mass is 15.1. The molecule has 0 bridgehead atoms. The molecule has 0 spiro atoms. The third-order valence-electron chi connectivity index (χ3n) is 19.8. The number of aromatic nitrogens is 4. The third kappa shape index (κ3) is 10.3. The Balaban J connectivity index is 1.03. The molecule has 0 amide bonds. The van der Waals surface area contributed by atoms with Gasteiger partial charge in [-0.1, -0.05) is 309 Å². The lowest BCUT2D eigenvalue weighted by Crippen LogP contribution is -2.08. The first-order valence-corrected chi connectivity index (χ1v) is 34.3. The number of rotatable bonds is 13. The van der Waals surface area contributed by atoms with E-state index in [-0.39, 0.29) is 0 Å².